The maximum atomic E-state index is 13.7. The molecule has 0 radical (unpaired) electrons. The first-order valence-electron chi connectivity index (χ1n) is 11.8. The normalized spacial score (nSPS) is 11.9. The molecule has 35 heavy (non-hydrogen) atoms. The monoisotopic (exact) mass is 460 g/mol. The Bertz CT molecular complexity index is 1510. The van der Waals surface area contributed by atoms with Gasteiger partial charge in [-0.15, -0.1) is 0 Å². The zero-order chi connectivity index (χ0) is 24.2. The number of fused-ring (bicyclic) bond motifs is 1. The molecule has 0 saturated heterocycles. The number of hydrogen-bond donors (Lipinski definition) is 2. The summed E-state index contributed by atoms with van der Waals surface area (Å²) in [5, 5.41) is 5.66. The van der Waals surface area contributed by atoms with Gasteiger partial charge >= 0.3 is 0 Å². The standard InChI is InChI=1S/C30H28N4O/c1-34-28(33-20-26(31)17-21-7-3-2-4-8-21)19-27(23-13-15-32-16-14-23)29(30(34)35)25-12-11-22-9-5-6-10-24(22)18-25/h2-16,18-19,26,33H,17,20,31H2,1H3/t26-/m0/s1. The molecule has 5 nitrogen and oxygen atoms in total. The van der Waals surface area contributed by atoms with Crippen molar-refractivity contribution in [2.24, 2.45) is 12.8 Å². The highest BCUT2D eigenvalue weighted by molar-refractivity contribution is 5.91. The minimum Gasteiger partial charge on any atom is -0.370 e. The van der Waals surface area contributed by atoms with Crippen molar-refractivity contribution < 1.29 is 0 Å². The second-order valence-corrected chi connectivity index (χ2v) is 8.81. The lowest BCUT2D eigenvalue weighted by Gasteiger charge is -2.19. The predicted molar refractivity (Wildman–Crippen MR) is 144 cm³/mol. The number of nitrogens with zero attached hydrogens (tertiary/aromatic N) is 2. The molecule has 5 aromatic rings. The fourth-order valence-electron chi connectivity index (χ4n) is 4.48. The molecule has 0 saturated carbocycles. The molecule has 2 aromatic heterocycles. The van der Waals surface area contributed by atoms with E-state index in [-0.39, 0.29) is 11.6 Å². The van der Waals surface area contributed by atoms with E-state index in [4.69, 9.17) is 5.73 Å². The first-order chi connectivity index (χ1) is 17.1. The molecule has 3 N–H and O–H groups in total. The summed E-state index contributed by atoms with van der Waals surface area (Å²) in [5.41, 5.74) is 10.9. The van der Waals surface area contributed by atoms with Gasteiger partial charge in [0.1, 0.15) is 5.82 Å². The van der Waals surface area contributed by atoms with Crippen molar-refractivity contribution in [3.05, 3.63) is 119 Å². The van der Waals surface area contributed by atoms with Gasteiger partial charge in [-0.25, -0.2) is 0 Å². The van der Waals surface area contributed by atoms with Gasteiger partial charge in [0.05, 0.1) is 5.56 Å². The van der Waals surface area contributed by atoms with Crippen LogP contribution in [0.25, 0.3) is 33.0 Å². The van der Waals surface area contributed by atoms with Crippen molar-refractivity contribution in [3.8, 4) is 22.3 Å². The van der Waals surface area contributed by atoms with Crippen molar-refractivity contribution in [1.29, 1.82) is 0 Å². The lowest BCUT2D eigenvalue weighted by Crippen LogP contribution is -2.33. The van der Waals surface area contributed by atoms with Crippen LogP contribution in [0.1, 0.15) is 5.56 Å². The van der Waals surface area contributed by atoms with Crippen molar-refractivity contribution in [3.63, 3.8) is 0 Å². The summed E-state index contributed by atoms with van der Waals surface area (Å²) in [6.07, 6.45) is 4.26. The average molecular weight is 461 g/mol. The van der Waals surface area contributed by atoms with E-state index < -0.39 is 0 Å². The highest BCUT2D eigenvalue weighted by atomic mass is 16.1. The van der Waals surface area contributed by atoms with Crippen molar-refractivity contribution >= 4 is 16.6 Å². The molecule has 0 aliphatic heterocycles. The Morgan fingerprint density at radius 1 is 0.857 bits per heavy atom. The molecule has 5 rings (SSSR count). The summed E-state index contributed by atoms with van der Waals surface area (Å²) in [6.45, 7) is 0.549. The maximum absolute atomic E-state index is 13.7. The lowest BCUT2D eigenvalue weighted by atomic mass is 9.94. The van der Waals surface area contributed by atoms with Gasteiger partial charge in [0, 0.05) is 32.0 Å². The van der Waals surface area contributed by atoms with Crippen LogP contribution in [0, 0.1) is 0 Å². The number of benzene rings is 3. The van der Waals surface area contributed by atoms with Crippen molar-refractivity contribution in [2.75, 3.05) is 11.9 Å². The van der Waals surface area contributed by atoms with Crippen LogP contribution in [-0.2, 0) is 13.5 Å². The third kappa shape index (κ3) is 4.86. The van der Waals surface area contributed by atoms with Gasteiger partial charge in [0.25, 0.3) is 5.56 Å². The molecule has 0 aliphatic carbocycles. The first-order valence-corrected chi connectivity index (χ1v) is 11.8. The Morgan fingerprint density at radius 3 is 2.34 bits per heavy atom. The summed E-state index contributed by atoms with van der Waals surface area (Å²) in [7, 11) is 1.80. The Kier molecular flexibility index (Phi) is 6.42. The molecule has 0 spiro atoms. The second kappa shape index (κ2) is 9.95. The summed E-state index contributed by atoms with van der Waals surface area (Å²) in [6, 6.07) is 30.4. The first kappa shape index (κ1) is 22.6. The van der Waals surface area contributed by atoms with Gasteiger partial charge in [-0.3, -0.25) is 14.3 Å². The van der Waals surface area contributed by atoms with E-state index in [1.165, 1.54) is 5.56 Å². The molecular formula is C30H28N4O. The Hall–Kier alpha value is -4.22. The van der Waals surface area contributed by atoms with Gasteiger partial charge in [-0.05, 0) is 63.7 Å². The number of hydrogen-bond acceptors (Lipinski definition) is 4. The molecule has 0 amide bonds. The van der Waals surface area contributed by atoms with Crippen LogP contribution in [0.4, 0.5) is 5.82 Å². The zero-order valence-electron chi connectivity index (χ0n) is 19.7. The van der Waals surface area contributed by atoms with Gasteiger partial charge in [-0.2, -0.15) is 0 Å². The van der Waals surface area contributed by atoms with E-state index in [1.54, 1.807) is 24.0 Å². The Balaban J connectivity index is 1.54. The van der Waals surface area contributed by atoms with Crippen molar-refractivity contribution in [1.82, 2.24) is 9.55 Å². The van der Waals surface area contributed by atoms with E-state index in [0.717, 1.165) is 39.7 Å². The molecule has 0 aliphatic rings. The third-order valence-electron chi connectivity index (χ3n) is 6.35. The fourth-order valence-corrected chi connectivity index (χ4v) is 4.48. The molecule has 3 aromatic carbocycles. The third-order valence-corrected chi connectivity index (χ3v) is 6.35. The summed E-state index contributed by atoms with van der Waals surface area (Å²) in [5.74, 6) is 0.731. The number of pyridine rings is 2. The van der Waals surface area contributed by atoms with Crippen LogP contribution in [0.15, 0.2) is 108 Å². The molecule has 5 heteroatoms. The van der Waals surface area contributed by atoms with Crippen molar-refractivity contribution in [2.45, 2.75) is 12.5 Å². The van der Waals surface area contributed by atoms with Gasteiger partial charge < -0.3 is 11.1 Å². The van der Waals surface area contributed by atoms with Crippen LogP contribution < -0.4 is 16.6 Å². The average Bonchev–Trinajstić information content (AvgIpc) is 2.90. The summed E-state index contributed by atoms with van der Waals surface area (Å²) in [4.78, 5) is 17.9. The number of rotatable bonds is 7. The van der Waals surface area contributed by atoms with E-state index in [2.05, 4.69) is 46.7 Å². The molecular weight excluding hydrogens is 432 g/mol. The summed E-state index contributed by atoms with van der Waals surface area (Å²) >= 11 is 0. The molecule has 0 unspecified atom stereocenters. The molecule has 0 bridgehead atoms. The van der Waals surface area contributed by atoms with Crippen LogP contribution in [0.5, 0.6) is 0 Å². The highest BCUT2D eigenvalue weighted by Crippen LogP contribution is 2.32. The number of aromatic nitrogens is 2. The van der Waals surface area contributed by atoms with E-state index in [0.29, 0.717) is 12.1 Å². The Labute approximate surface area is 204 Å². The second-order valence-electron chi connectivity index (χ2n) is 8.81. The smallest absolute Gasteiger partial charge is 0.260 e. The van der Waals surface area contributed by atoms with Gasteiger partial charge in [0.2, 0.25) is 0 Å². The molecule has 0 fully saturated rings. The fraction of sp³-hybridized carbons (Fsp3) is 0.133. The lowest BCUT2D eigenvalue weighted by molar-refractivity contribution is 0.692. The zero-order valence-corrected chi connectivity index (χ0v) is 19.7. The van der Waals surface area contributed by atoms with E-state index >= 15 is 0 Å². The number of nitrogens with two attached hydrogens (primary N) is 1. The SMILES string of the molecule is Cn1c(NC[C@@H](N)Cc2ccccc2)cc(-c2ccncc2)c(-c2ccc3ccccc3c2)c1=O. The largest absolute Gasteiger partial charge is 0.370 e. The topological polar surface area (TPSA) is 72.9 Å². The number of nitrogens with one attached hydrogen (secondary N) is 1. The van der Waals surface area contributed by atoms with Crippen LogP contribution in [0.2, 0.25) is 0 Å². The highest BCUT2D eigenvalue weighted by Gasteiger charge is 2.17. The van der Waals surface area contributed by atoms with Gasteiger partial charge in [-0.1, -0.05) is 66.7 Å². The van der Waals surface area contributed by atoms with Crippen LogP contribution >= 0.6 is 0 Å². The minimum atomic E-state index is -0.0861. The molecule has 174 valence electrons. The molecule has 2 heterocycles. The minimum absolute atomic E-state index is 0.0614. The predicted octanol–water partition coefficient (Wildman–Crippen LogP) is 5.25. The van der Waals surface area contributed by atoms with Crippen LogP contribution in [-0.4, -0.2) is 22.1 Å². The molecule has 1 atom stereocenters. The van der Waals surface area contributed by atoms with E-state index in [1.807, 2.05) is 54.6 Å². The summed E-state index contributed by atoms with van der Waals surface area (Å²) < 4.78 is 1.67. The quantitative estimate of drug-likeness (QED) is 0.348. The van der Waals surface area contributed by atoms with Gasteiger partial charge in [0.15, 0.2) is 0 Å². The van der Waals surface area contributed by atoms with E-state index in [9.17, 15) is 4.79 Å². The number of anilines is 1. The van der Waals surface area contributed by atoms with Crippen LogP contribution in [0.3, 0.4) is 0 Å². The Morgan fingerprint density at radius 2 is 1.57 bits per heavy atom. The maximum Gasteiger partial charge on any atom is 0.260 e.